The Labute approximate surface area is 213 Å². The van der Waals surface area contributed by atoms with Crippen molar-refractivity contribution in [3.05, 3.63) is 125 Å². The van der Waals surface area contributed by atoms with Crippen LogP contribution in [0.15, 0.2) is 102 Å². The lowest BCUT2D eigenvalue weighted by Gasteiger charge is -2.14. The third-order valence-corrected chi connectivity index (χ3v) is 7.05. The van der Waals surface area contributed by atoms with Gasteiger partial charge in [-0.25, -0.2) is 9.37 Å². The summed E-state index contributed by atoms with van der Waals surface area (Å²) in [5, 5.41) is 3.91. The van der Waals surface area contributed by atoms with Crippen molar-refractivity contribution in [3.8, 4) is 0 Å². The number of fused-ring (bicyclic) bond motifs is 1. The van der Waals surface area contributed by atoms with Crippen LogP contribution in [-0.2, 0) is 12.3 Å². The molecule has 0 saturated carbocycles. The molecular weight excluding hydrogens is 471 g/mol. The molecule has 5 nitrogen and oxygen atoms in total. The number of imidazole rings is 1. The van der Waals surface area contributed by atoms with E-state index in [1.54, 1.807) is 36.3 Å². The SMILES string of the molecule is C[C@H](NC(=O)c1ccc(CSc2nc3ccncc3n2Cc2ccc(F)cc2)cc1)c1ccccc1. The summed E-state index contributed by atoms with van der Waals surface area (Å²) in [4.78, 5) is 21.8. The molecule has 5 rings (SSSR count). The van der Waals surface area contributed by atoms with E-state index in [4.69, 9.17) is 4.98 Å². The van der Waals surface area contributed by atoms with Gasteiger partial charge < -0.3 is 9.88 Å². The number of benzene rings is 3. The summed E-state index contributed by atoms with van der Waals surface area (Å²) in [6.45, 7) is 2.55. The standard InChI is InChI=1S/C29H25FN4OS/c1-20(23-5-3-2-4-6-23)32-28(35)24-11-7-22(8-12-24)19-36-29-33-26-15-16-31-17-27(26)34(29)18-21-9-13-25(30)14-10-21/h2-17,20H,18-19H2,1H3,(H,32,35)/t20-/m0/s1. The van der Waals surface area contributed by atoms with E-state index in [1.807, 2.05) is 67.6 Å². The lowest BCUT2D eigenvalue weighted by atomic mass is 10.1. The van der Waals surface area contributed by atoms with Crippen molar-refractivity contribution in [1.29, 1.82) is 0 Å². The predicted molar refractivity (Wildman–Crippen MR) is 141 cm³/mol. The summed E-state index contributed by atoms with van der Waals surface area (Å²) in [5.41, 5.74) is 5.57. The van der Waals surface area contributed by atoms with Crippen LogP contribution >= 0.6 is 11.8 Å². The topological polar surface area (TPSA) is 59.8 Å². The normalized spacial score (nSPS) is 11.9. The number of pyridine rings is 1. The summed E-state index contributed by atoms with van der Waals surface area (Å²) in [6, 6.07) is 25.9. The summed E-state index contributed by atoms with van der Waals surface area (Å²) in [5.74, 6) is 0.346. The summed E-state index contributed by atoms with van der Waals surface area (Å²) in [7, 11) is 0. The second-order valence-electron chi connectivity index (χ2n) is 8.56. The lowest BCUT2D eigenvalue weighted by Crippen LogP contribution is -2.26. The number of rotatable bonds is 8. The molecule has 0 saturated heterocycles. The zero-order valence-electron chi connectivity index (χ0n) is 19.8. The van der Waals surface area contributed by atoms with Crippen LogP contribution in [0.3, 0.4) is 0 Å². The molecule has 2 heterocycles. The molecule has 180 valence electrons. The van der Waals surface area contributed by atoms with E-state index in [0.717, 1.165) is 32.9 Å². The van der Waals surface area contributed by atoms with Gasteiger partial charge in [0.1, 0.15) is 5.82 Å². The van der Waals surface area contributed by atoms with Crippen LogP contribution in [0.1, 0.15) is 40.0 Å². The zero-order valence-corrected chi connectivity index (χ0v) is 20.6. The van der Waals surface area contributed by atoms with E-state index < -0.39 is 0 Å². The second kappa shape index (κ2) is 10.7. The fourth-order valence-corrected chi connectivity index (χ4v) is 4.96. The minimum atomic E-state index is -0.253. The van der Waals surface area contributed by atoms with E-state index in [1.165, 1.54) is 12.1 Å². The van der Waals surface area contributed by atoms with Crippen molar-refractivity contribution >= 4 is 28.7 Å². The maximum Gasteiger partial charge on any atom is 0.251 e. The molecule has 0 bridgehead atoms. The fraction of sp³-hybridized carbons (Fsp3) is 0.138. The number of carbonyl (C=O) groups is 1. The van der Waals surface area contributed by atoms with Gasteiger partial charge in [0.05, 0.1) is 29.8 Å². The molecule has 7 heteroatoms. The largest absolute Gasteiger partial charge is 0.346 e. The zero-order chi connectivity index (χ0) is 24.9. The molecule has 5 aromatic rings. The highest BCUT2D eigenvalue weighted by Crippen LogP contribution is 2.27. The molecule has 0 aliphatic carbocycles. The molecule has 0 aliphatic heterocycles. The number of hydrogen-bond acceptors (Lipinski definition) is 4. The molecule has 1 amide bonds. The van der Waals surface area contributed by atoms with Crippen molar-refractivity contribution in [2.24, 2.45) is 0 Å². The first kappa shape index (κ1) is 23.8. The van der Waals surface area contributed by atoms with Gasteiger partial charge in [-0.3, -0.25) is 9.78 Å². The number of carbonyl (C=O) groups excluding carboxylic acids is 1. The Hall–Kier alpha value is -3.97. The lowest BCUT2D eigenvalue weighted by molar-refractivity contribution is 0.0940. The molecule has 0 spiro atoms. The van der Waals surface area contributed by atoms with E-state index in [-0.39, 0.29) is 17.8 Å². The van der Waals surface area contributed by atoms with E-state index in [0.29, 0.717) is 17.9 Å². The number of nitrogens with one attached hydrogen (secondary N) is 1. The van der Waals surface area contributed by atoms with Crippen LogP contribution in [0.2, 0.25) is 0 Å². The van der Waals surface area contributed by atoms with Gasteiger partial charge in [-0.15, -0.1) is 0 Å². The van der Waals surface area contributed by atoms with E-state index in [9.17, 15) is 9.18 Å². The van der Waals surface area contributed by atoms with Crippen LogP contribution in [0.25, 0.3) is 11.0 Å². The van der Waals surface area contributed by atoms with Crippen LogP contribution in [0.5, 0.6) is 0 Å². The molecule has 1 atom stereocenters. The molecule has 36 heavy (non-hydrogen) atoms. The summed E-state index contributed by atoms with van der Waals surface area (Å²) >= 11 is 1.62. The third kappa shape index (κ3) is 5.47. The van der Waals surface area contributed by atoms with E-state index >= 15 is 0 Å². The number of nitrogens with zero attached hydrogens (tertiary/aromatic N) is 3. The Morgan fingerprint density at radius 2 is 1.69 bits per heavy atom. The van der Waals surface area contributed by atoms with Crippen LogP contribution in [0.4, 0.5) is 4.39 Å². The van der Waals surface area contributed by atoms with Crippen LogP contribution in [-0.4, -0.2) is 20.4 Å². The number of aromatic nitrogens is 3. The quantitative estimate of drug-likeness (QED) is 0.253. The molecule has 3 aromatic carbocycles. The average Bonchev–Trinajstić information content (AvgIpc) is 3.26. The van der Waals surface area contributed by atoms with Gasteiger partial charge in [-0.1, -0.05) is 66.4 Å². The Balaban J connectivity index is 1.27. The molecule has 0 aliphatic rings. The molecule has 0 fully saturated rings. The number of thioether (sulfide) groups is 1. The monoisotopic (exact) mass is 496 g/mol. The van der Waals surface area contributed by atoms with Crippen LogP contribution < -0.4 is 5.32 Å². The minimum absolute atomic E-state index is 0.0717. The molecule has 0 radical (unpaired) electrons. The Morgan fingerprint density at radius 1 is 0.972 bits per heavy atom. The molecular formula is C29H25FN4OS. The number of hydrogen-bond donors (Lipinski definition) is 1. The van der Waals surface area contributed by atoms with Gasteiger partial charge in [0.2, 0.25) is 0 Å². The Kier molecular flexibility index (Phi) is 7.09. The van der Waals surface area contributed by atoms with Crippen molar-refractivity contribution in [2.45, 2.75) is 30.4 Å². The van der Waals surface area contributed by atoms with Crippen molar-refractivity contribution in [3.63, 3.8) is 0 Å². The van der Waals surface area contributed by atoms with Crippen LogP contribution in [0, 0.1) is 5.82 Å². The average molecular weight is 497 g/mol. The van der Waals surface area contributed by atoms with Gasteiger partial charge in [-0.05, 0) is 53.9 Å². The summed E-state index contributed by atoms with van der Waals surface area (Å²) in [6.07, 6.45) is 3.54. The first-order chi connectivity index (χ1) is 17.6. The number of amides is 1. The van der Waals surface area contributed by atoms with Gasteiger partial charge in [0, 0.05) is 17.5 Å². The van der Waals surface area contributed by atoms with Gasteiger partial charge >= 0.3 is 0 Å². The van der Waals surface area contributed by atoms with Crippen molar-refractivity contribution < 1.29 is 9.18 Å². The Bertz CT molecular complexity index is 1470. The first-order valence-corrected chi connectivity index (χ1v) is 12.7. The minimum Gasteiger partial charge on any atom is -0.346 e. The first-order valence-electron chi connectivity index (χ1n) is 11.7. The van der Waals surface area contributed by atoms with Gasteiger partial charge in [0.15, 0.2) is 5.16 Å². The second-order valence-corrected chi connectivity index (χ2v) is 9.51. The van der Waals surface area contributed by atoms with Gasteiger partial charge in [0.25, 0.3) is 5.91 Å². The van der Waals surface area contributed by atoms with Crippen molar-refractivity contribution in [1.82, 2.24) is 19.9 Å². The highest BCUT2D eigenvalue weighted by Gasteiger charge is 2.14. The molecule has 2 aromatic heterocycles. The molecule has 0 unspecified atom stereocenters. The third-order valence-electron chi connectivity index (χ3n) is 6.00. The summed E-state index contributed by atoms with van der Waals surface area (Å²) < 4.78 is 15.5. The predicted octanol–water partition coefficient (Wildman–Crippen LogP) is 6.40. The highest BCUT2D eigenvalue weighted by atomic mass is 32.2. The number of halogens is 1. The fourth-order valence-electron chi connectivity index (χ4n) is 3.99. The van der Waals surface area contributed by atoms with Gasteiger partial charge in [-0.2, -0.15) is 0 Å². The smallest absolute Gasteiger partial charge is 0.251 e. The highest BCUT2D eigenvalue weighted by molar-refractivity contribution is 7.98. The Morgan fingerprint density at radius 3 is 2.44 bits per heavy atom. The molecule has 1 N–H and O–H groups in total. The van der Waals surface area contributed by atoms with E-state index in [2.05, 4.69) is 14.9 Å². The maximum atomic E-state index is 13.4. The maximum absolute atomic E-state index is 13.4. The van der Waals surface area contributed by atoms with Crippen molar-refractivity contribution in [2.75, 3.05) is 0 Å².